The fraction of sp³-hybridized carbons (Fsp3) is 0.111. The fourth-order valence-corrected chi connectivity index (χ4v) is 10.5. The molecule has 0 spiro atoms. The van der Waals surface area contributed by atoms with Gasteiger partial charge in [-0.15, -0.1) is 0 Å². The van der Waals surface area contributed by atoms with Crippen molar-refractivity contribution in [2.24, 2.45) is 0 Å². The van der Waals surface area contributed by atoms with Crippen LogP contribution in [-0.4, -0.2) is 14.5 Å². The number of hydrogen-bond donors (Lipinski definition) is 0. The van der Waals surface area contributed by atoms with Crippen molar-refractivity contribution >= 4 is 66.7 Å². The van der Waals surface area contributed by atoms with Crippen LogP contribution in [0.1, 0.15) is 69.5 Å². The largest absolute Gasteiger partial charge is 0.456 e. The summed E-state index contributed by atoms with van der Waals surface area (Å²) in [6.45, 7) is 18.5. The van der Waals surface area contributed by atoms with Crippen LogP contribution in [0.2, 0.25) is 0 Å². The lowest BCUT2D eigenvalue weighted by Gasteiger charge is -2.22. The van der Waals surface area contributed by atoms with E-state index in [-0.39, 0.29) is 10.8 Å². The van der Waals surface area contributed by atoms with Gasteiger partial charge in [0.2, 0.25) is 0 Å². The Balaban J connectivity index is 1.12. The molecular formula is C72H59N3O. The first-order valence-electron chi connectivity index (χ1n) is 26.2. The van der Waals surface area contributed by atoms with Gasteiger partial charge in [-0.05, 0) is 122 Å². The highest BCUT2D eigenvalue weighted by molar-refractivity contribution is 6.18. The summed E-state index contributed by atoms with van der Waals surface area (Å²) in [5.74, 6) is 0.588. The molecule has 4 heteroatoms. The monoisotopic (exact) mass is 981 g/mol. The molecule has 3 heterocycles. The average molecular weight is 982 g/mol. The Kier molecular flexibility index (Phi) is 12.2. The van der Waals surface area contributed by atoms with Gasteiger partial charge < -0.3 is 8.98 Å². The molecule has 0 aliphatic carbocycles. The SMILES string of the molecule is C=C(/C=C(\C(=C\c1ccc(C(C)(C)C)cc1)n1c2ccc(-c3ccccc3)cc2c2cc(-c3ccccc3)ccc21)c1ccc(C(C)(C)C)cc1)c1cc(-c2ccccc2)nc(-c2ccc3c(c2)oc2ccccc23)n1. The molecule has 12 rings (SSSR count). The number of benzene rings is 9. The molecule has 0 amide bonds. The van der Waals surface area contributed by atoms with Gasteiger partial charge in [0.25, 0.3) is 0 Å². The van der Waals surface area contributed by atoms with Crippen LogP contribution in [-0.2, 0) is 10.8 Å². The Morgan fingerprint density at radius 2 is 0.961 bits per heavy atom. The van der Waals surface area contributed by atoms with Crippen molar-refractivity contribution in [3.8, 4) is 44.9 Å². The van der Waals surface area contributed by atoms with Gasteiger partial charge in [0.15, 0.2) is 5.82 Å². The van der Waals surface area contributed by atoms with E-state index in [0.29, 0.717) is 11.5 Å². The van der Waals surface area contributed by atoms with Gasteiger partial charge >= 0.3 is 0 Å². The van der Waals surface area contributed by atoms with E-state index in [0.717, 1.165) is 88.9 Å². The van der Waals surface area contributed by atoms with E-state index < -0.39 is 0 Å². The normalized spacial score (nSPS) is 12.6. The van der Waals surface area contributed by atoms with Gasteiger partial charge in [-0.1, -0.05) is 224 Å². The highest BCUT2D eigenvalue weighted by atomic mass is 16.3. The van der Waals surface area contributed by atoms with E-state index in [2.05, 4.69) is 246 Å². The molecule has 76 heavy (non-hydrogen) atoms. The number of allylic oxidation sites excluding steroid dienone is 4. The minimum absolute atomic E-state index is 0.00472. The van der Waals surface area contributed by atoms with Gasteiger partial charge in [-0.2, -0.15) is 0 Å². The van der Waals surface area contributed by atoms with Gasteiger partial charge in [0.1, 0.15) is 11.2 Å². The van der Waals surface area contributed by atoms with E-state index >= 15 is 0 Å². The molecule has 0 bridgehead atoms. The first-order chi connectivity index (χ1) is 36.8. The number of furan rings is 1. The van der Waals surface area contributed by atoms with Crippen LogP contribution in [0.15, 0.2) is 242 Å². The molecule has 0 saturated heterocycles. The summed E-state index contributed by atoms with van der Waals surface area (Å²) in [6, 6.07) is 80.2. The molecular weight excluding hydrogens is 923 g/mol. The molecule has 9 aromatic carbocycles. The second-order valence-corrected chi connectivity index (χ2v) is 22.0. The first-order valence-corrected chi connectivity index (χ1v) is 26.2. The maximum Gasteiger partial charge on any atom is 0.160 e. The van der Waals surface area contributed by atoms with Gasteiger partial charge in [0, 0.05) is 38.2 Å². The van der Waals surface area contributed by atoms with E-state index in [9.17, 15) is 0 Å². The minimum atomic E-state index is -0.0458. The molecule has 368 valence electrons. The lowest BCUT2D eigenvalue weighted by Crippen LogP contribution is -2.11. The highest BCUT2D eigenvalue weighted by Gasteiger charge is 2.23. The predicted molar refractivity (Wildman–Crippen MR) is 322 cm³/mol. The molecule has 0 atom stereocenters. The van der Waals surface area contributed by atoms with Crippen molar-refractivity contribution < 1.29 is 4.42 Å². The summed E-state index contributed by atoms with van der Waals surface area (Å²) in [5.41, 5.74) is 19.2. The van der Waals surface area contributed by atoms with Crippen molar-refractivity contribution in [1.29, 1.82) is 0 Å². The Hall–Kier alpha value is -9.12. The maximum atomic E-state index is 6.40. The lowest BCUT2D eigenvalue weighted by atomic mass is 9.85. The lowest BCUT2D eigenvalue weighted by molar-refractivity contribution is 0.590. The Bertz CT molecular complexity index is 4100. The van der Waals surface area contributed by atoms with Crippen molar-refractivity contribution in [3.05, 3.63) is 265 Å². The van der Waals surface area contributed by atoms with Crippen LogP contribution >= 0.6 is 0 Å². The van der Waals surface area contributed by atoms with Gasteiger partial charge in [-0.3, -0.25) is 0 Å². The Morgan fingerprint density at radius 1 is 0.447 bits per heavy atom. The van der Waals surface area contributed by atoms with Crippen molar-refractivity contribution in [2.75, 3.05) is 0 Å². The van der Waals surface area contributed by atoms with Crippen LogP contribution in [0.4, 0.5) is 0 Å². The zero-order valence-electron chi connectivity index (χ0n) is 44.0. The number of hydrogen-bond acceptors (Lipinski definition) is 3. The smallest absolute Gasteiger partial charge is 0.160 e. The average Bonchev–Trinajstić information content (AvgIpc) is 4.07. The summed E-state index contributed by atoms with van der Waals surface area (Å²) in [6.07, 6.45) is 4.58. The fourth-order valence-electron chi connectivity index (χ4n) is 10.5. The van der Waals surface area contributed by atoms with Crippen molar-refractivity contribution in [3.63, 3.8) is 0 Å². The van der Waals surface area contributed by atoms with Crippen molar-refractivity contribution in [1.82, 2.24) is 14.5 Å². The third-order valence-electron chi connectivity index (χ3n) is 14.7. The van der Waals surface area contributed by atoms with Crippen LogP contribution in [0.25, 0.3) is 112 Å². The molecule has 3 aromatic heterocycles. The van der Waals surface area contributed by atoms with E-state index in [1.54, 1.807) is 0 Å². The number of nitrogens with zero attached hydrogens (tertiary/aromatic N) is 3. The predicted octanol–water partition coefficient (Wildman–Crippen LogP) is 19.5. The second-order valence-electron chi connectivity index (χ2n) is 22.0. The van der Waals surface area contributed by atoms with Crippen LogP contribution in [0.3, 0.4) is 0 Å². The van der Waals surface area contributed by atoms with Crippen LogP contribution in [0.5, 0.6) is 0 Å². The Labute approximate surface area is 445 Å². The molecule has 0 unspecified atom stereocenters. The zero-order valence-corrected chi connectivity index (χ0v) is 44.0. The first kappa shape index (κ1) is 47.9. The topological polar surface area (TPSA) is 43.9 Å². The molecule has 0 radical (unpaired) electrons. The quantitative estimate of drug-likeness (QED) is 0.128. The molecule has 12 aromatic rings. The summed E-state index contributed by atoms with van der Waals surface area (Å²) in [5, 5.41) is 4.46. The molecule has 0 saturated carbocycles. The van der Waals surface area contributed by atoms with E-state index in [1.807, 2.05) is 36.4 Å². The summed E-state index contributed by atoms with van der Waals surface area (Å²) in [7, 11) is 0. The third kappa shape index (κ3) is 9.28. The molecule has 0 fully saturated rings. The van der Waals surface area contributed by atoms with E-state index in [4.69, 9.17) is 21.0 Å². The number of fused-ring (bicyclic) bond motifs is 6. The number of aromatic nitrogens is 3. The summed E-state index contributed by atoms with van der Waals surface area (Å²) < 4.78 is 8.86. The van der Waals surface area contributed by atoms with Gasteiger partial charge in [-0.25, -0.2) is 9.97 Å². The van der Waals surface area contributed by atoms with Crippen LogP contribution < -0.4 is 0 Å². The number of rotatable bonds is 10. The zero-order chi connectivity index (χ0) is 52.1. The third-order valence-corrected chi connectivity index (χ3v) is 14.7. The van der Waals surface area contributed by atoms with Crippen LogP contribution in [0, 0.1) is 0 Å². The molecule has 0 N–H and O–H groups in total. The molecule has 4 nitrogen and oxygen atoms in total. The molecule has 0 aliphatic heterocycles. The second kappa shape index (κ2) is 19.3. The van der Waals surface area contributed by atoms with E-state index in [1.165, 1.54) is 33.0 Å². The highest BCUT2D eigenvalue weighted by Crippen LogP contribution is 2.43. The number of para-hydroxylation sites is 1. The molecule has 0 aliphatic rings. The Morgan fingerprint density at radius 3 is 1.54 bits per heavy atom. The minimum Gasteiger partial charge on any atom is -0.456 e. The maximum absolute atomic E-state index is 6.40. The van der Waals surface area contributed by atoms with Gasteiger partial charge in [0.05, 0.1) is 28.1 Å². The summed E-state index contributed by atoms with van der Waals surface area (Å²) in [4.78, 5) is 10.6. The standard InChI is InChI=1S/C72H59N3O/c1-47(63-46-64(52-23-15-10-16-24-52)74-70(73-63)55-31-38-59-58-25-17-18-26-68(58)76-69(59)45-55)41-60(51-29-36-57(37-30-51)72(5,6)7)67(42-48-27-34-56(35-28-48)71(2,3)4)75-65-39-32-53(49-19-11-8-12-20-49)43-61(65)62-44-54(33-40-66(62)75)50-21-13-9-14-22-50/h8-46H,1H2,2-7H3/b60-41-,67-42-. The van der Waals surface area contributed by atoms with Crippen molar-refractivity contribution in [2.45, 2.75) is 52.4 Å². The summed E-state index contributed by atoms with van der Waals surface area (Å²) >= 11 is 0.